The van der Waals surface area contributed by atoms with Gasteiger partial charge in [-0.3, -0.25) is 0 Å². The first-order chi connectivity index (χ1) is 11.5. The molecular formula is C20H38O4S. The second kappa shape index (κ2) is 7.85. The molecule has 2 aliphatic carbocycles. The Morgan fingerprint density at radius 1 is 1.20 bits per heavy atom. The van der Waals surface area contributed by atoms with Gasteiger partial charge < -0.3 is 9.84 Å². The summed E-state index contributed by atoms with van der Waals surface area (Å²) >= 11 is 0. The van der Waals surface area contributed by atoms with Crippen LogP contribution in [0.15, 0.2) is 0 Å². The molecule has 0 radical (unpaired) electrons. The lowest BCUT2D eigenvalue weighted by Crippen LogP contribution is -2.43. The molecule has 0 saturated heterocycles. The number of unbranched alkanes of at least 4 members (excludes halogenated alkanes) is 1. The van der Waals surface area contributed by atoms with Gasteiger partial charge in [-0.2, -0.15) is 0 Å². The van der Waals surface area contributed by atoms with Crippen LogP contribution in [0, 0.1) is 17.3 Å². The Morgan fingerprint density at radius 3 is 2.52 bits per heavy atom. The van der Waals surface area contributed by atoms with Gasteiger partial charge in [-0.15, -0.1) is 0 Å². The highest BCUT2D eigenvalue weighted by atomic mass is 32.2. The van der Waals surface area contributed by atoms with Gasteiger partial charge in [0.2, 0.25) is 0 Å². The maximum Gasteiger partial charge on any atom is 0.155 e. The Labute approximate surface area is 154 Å². The summed E-state index contributed by atoms with van der Waals surface area (Å²) in [6.45, 7) is 10.4. The zero-order valence-corrected chi connectivity index (χ0v) is 17.6. The Hall–Kier alpha value is -0.130. The van der Waals surface area contributed by atoms with Crippen LogP contribution >= 0.6 is 0 Å². The number of rotatable bonds is 7. The van der Waals surface area contributed by atoms with E-state index in [4.69, 9.17) is 4.74 Å². The number of hydrogen-bond donors (Lipinski definition) is 1. The van der Waals surface area contributed by atoms with Crippen molar-refractivity contribution in [1.29, 1.82) is 0 Å². The molecule has 0 aliphatic heterocycles. The molecule has 0 bridgehead atoms. The number of aliphatic hydroxyl groups is 1. The van der Waals surface area contributed by atoms with Crippen LogP contribution < -0.4 is 0 Å². The third-order valence-electron chi connectivity index (χ3n) is 6.85. The second-order valence-corrected chi connectivity index (χ2v) is 12.3. The van der Waals surface area contributed by atoms with E-state index in [0.29, 0.717) is 24.9 Å². The molecule has 2 aliphatic rings. The van der Waals surface area contributed by atoms with Crippen molar-refractivity contribution in [2.24, 2.45) is 17.3 Å². The van der Waals surface area contributed by atoms with Gasteiger partial charge in [0.05, 0.1) is 22.7 Å². The average Bonchev–Trinajstić information content (AvgIpc) is 2.84. The van der Waals surface area contributed by atoms with E-state index < -0.39 is 14.6 Å². The fourth-order valence-electron chi connectivity index (χ4n) is 5.05. The zero-order chi connectivity index (χ0) is 18.9. The minimum atomic E-state index is -3.03. The van der Waals surface area contributed by atoms with Crippen molar-refractivity contribution in [3.8, 4) is 0 Å². The van der Waals surface area contributed by atoms with E-state index in [0.717, 1.165) is 32.1 Å². The van der Waals surface area contributed by atoms with E-state index in [1.807, 2.05) is 0 Å². The molecule has 25 heavy (non-hydrogen) atoms. The quantitative estimate of drug-likeness (QED) is 0.685. The third-order valence-corrected chi connectivity index (χ3v) is 9.54. The molecule has 5 unspecified atom stereocenters. The number of hydrogen-bond acceptors (Lipinski definition) is 4. The fourth-order valence-corrected chi connectivity index (χ4v) is 6.24. The van der Waals surface area contributed by atoms with E-state index in [2.05, 4.69) is 13.8 Å². The monoisotopic (exact) mass is 374 g/mol. The summed E-state index contributed by atoms with van der Waals surface area (Å²) in [5, 5.41) is 10.3. The van der Waals surface area contributed by atoms with E-state index in [9.17, 15) is 13.5 Å². The largest absolute Gasteiger partial charge is 0.393 e. The molecule has 5 heteroatoms. The van der Waals surface area contributed by atoms with Crippen LogP contribution in [0.5, 0.6) is 0 Å². The lowest BCUT2D eigenvalue weighted by atomic mass is 9.63. The Morgan fingerprint density at radius 2 is 1.88 bits per heavy atom. The van der Waals surface area contributed by atoms with Crippen molar-refractivity contribution in [3.05, 3.63) is 0 Å². The number of ether oxygens (including phenoxy) is 1. The Balaban J connectivity index is 1.77. The van der Waals surface area contributed by atoms with Crippen LogP contribution in [0.25, 0.3) is 0 Å². The molecule has 2 fully saturated rings. The highest BCUT2D eigenvalue weighted by molar-refractivity contribution is 7.92. The van der Waals surface area contributed by atoms with Crippen LogP contribution in [0.4, 0.5) is 0 Å². The molecule has 0 aromatic heterocycles. The maximum absolute atomic E-state index is 12.1. The number of fused-ring (bicyclic) bond motifs is 1. The highest BCUT2D eigenvalue weighted by Crippen LogP contribution is 2.56. The summed E-state index contributed by atoms with van der Waals surface area (Å²) in [6, 6.07) is 0. The van der Waals surface area contributed by atoms with Gasteiger partial charge in [-0.1, -0.05) is 13.3 Å². The van der Waals surface area contributed by atoms with Crippen molar-refractivity contribution < 1.29 is 18.3 Å². The molecule has 2 rings (SSSR count). The fraction of sp³-hybridized carbons (Fsp3) is 1.00. The Kier molecular flexibility index (Phi) is 6.65. The highest BCUT2D eigenvalue weighted by Gasteiger charge is 2.52. The third kappa shape index (κ3) is 4.59. The summed E-state index contributed by atoms with van der Waals surface area (Å²) < 4.78 is 29.7. The van der Waals surface area contributed by atoms with Gasteiger partial charge in [-0.25, -0.2) is 8.42 Å². The van der Waals surface area contributed by atoms with Crippen molar-refractivity contribution in [2.45, 2.75) is 96.5 Å². The zero-order valence-electron chi connectivity index (χ0n) is 16.8. The molecular weight excluding hydrogens is 336 g/mol. The van der Waals surface area contributed by atoms with Gasteiger partial charge >= 0.3 is 0 Å². The predicted octanol–water partition coefficient (Wildman–Crippen LogP) is 3.96. The van der Waals surface area contributed by atoms with E-state index in [-0.39, 0.29) is 23.4 Å². The molecule has 0 aromatic carbocycles. The molecule has 2 saturated carbocycles. The molecule has 5 atom stereocenters. The van der Waals surface area contributed by atoms with Crippen molar-refractivity contribution in [3.63, 3.8) is 0 Å². The minimum absolute atomic E-state index is 0.140. The molecule has 0 amide bonds. The van der Waals surface area contributed by atoms with Gasteiger partial charge in [0.25, 0.3) is 0 Å². The lowest BCUT2D eigenvalue weighted by molar-refractivity contribution is -0.0646. The standard InChI is InChI=1S/C20H38O4S/c1-15(24-13-6-7-14-25(22,23)19(2,3)4)16-10-11-17-18(21)9-8-12-20(16,17)5/h15-18,21H,6-14H2,1-5H3. The molecule has 4 nitrogen and oxygen atoms in total. The first-order valence-electron chi connectivity index (χ1n) is 10.0. The van der Waals surface area contributed by atoms with E-state index in [1.165, 1.54) is 6.42 Å². The predicted molar refractivity (Wildman–Crippen MR) is 102 cm³/mol. The molecule has 0 aromatic rings. The normalized spacial score (nSPS) is 34.7. The smallest absolute Gasteiger partial charge is 0.155 e. The van der Waals surface area contributed by atoms with Crippen molar-refractivity contribution in [1.82, 2.24) is 0 Å². The maximum atomic E-state index is 12.1. The van der Waals surface area contributed by atoms with Crippen molar-refractivity contribution in [2.75, 3.05) is 12.4 Å². The summed E-state index contributed by atoms with van der Waals surface area (Å²) in [7, 11) is -3.03. The topological polar surface area (TPSA) is 63.6 Å². The number of sulfone groups is 1. The summed E-state index contributed by atoms with van der Waals surface area (Å²) in [4.78, 5) is 0. The molecule has 148 valence electrons. The van der Waals surface area contributed by atoms with Crippen LogP contribution in [0.2, 0.25) is 0 Å². The van der Waals surface area contributed by atoms with Gasteiger partial charge in [0.15, 0.2) is 9.84 Å². The minimum Gasteiger partial charge on any atom is -0.393 e. The van der Waals surface area contributed by atoms with Crippen LogP contribution in [0.3, 0.4) is 0 Å². The summed E-state index contributed by atoms with van der Waals surface area (Å²) in [6.07, 6.45) is 6.99. The van der Waals surface area contributed by atoms with E-state index >= 15 is 0 Å². The Bertz CT molecular complexity index is 536. The first-order valence-corrected chi connectivity index (χ1v) is 11.7. The molecule has 0 heterocycles. The van der Waals surface area contributed by atoms with Crippen LogP contribution in [-0.2, 0) is 14.6 Å². The van der Waals surface area contributed by atoms with Gasteiger partial charge in [0.1, 0.15) is 0 Å². The first kappa shape index (κ1) is 21.2. The lowest BCUT2D eigenvalue weighted by Gasteiger charge is -2.45. The second-order valence-electron chi connectivity index (χ2n) is 9.47. The molecule has 0 spiro atoms. The van der Waals surface area contributed by atoms with Gasteiger partial charge in [-0.05, 0) is 83.5 Å². The van der Waals surface area contributed by atoms with Crippen LogP contribution in [-0.4, -0.2) is 42.8 Å². The van der Waals surface area contributed by atoms with Crippen molar-refractivity contribution >= 4 is 9.84 Å². The van der Waals surface area contributed by atoms with Crippen LogP contribution in [0.1, 0.15) is 79.6 Å². The summed E-state index contributed by atoms with van der Waals surface area (Å²) in [5.41, 5.74) is 0.201. The number of aliphatic hydroxyl groups excluding tert-OH is 1. The van der Waals surface area contributed by atoms with E-state index in [1.54, 1.807) is 20.8 Å². The molecule has 1 N–H and O–H groups in total. The van der Waals surface area contributed by atoms with Gasteiger partial charge in [0, 0.05) is 6.61 Å². The SMILES string of the molecule is CC(OCCCCS(=O)(=O)C(C)(C)C)C1CCC2C(O)CCCC21C. The average molecular weight is 375 g/mol. The summed E-state index contributed by atoms with van der Waals surface area (Å²) in [5.74, 6) is 1.17.